The Morgan fingerprint density at radius 3 is 2.17 bits per heavy atom. The van der Waals surface area contributed by atoms with Crippen LogP contribution in [0.25, 0.3) is 0 Å². The average Bonchev–Trinajstić information content (AvgIpc) is 2.95. The lowest BCUT2D eigenvalue weighted by Crippen LogP contribution is -2.34. The van der Waals surface area contributed by atoms with Gasteiger partial charge in [0, 0.05) is 25.3 Å². The van der Waals surface area contributed by atoms with Gasteiger partial charge in [0.25, 0.3) is 0 Å². The molecule has 1 aliphatic rings. The molecule has 0 aromatic heterocycles. The van der Waals surface area contributed by atoms with E-state index in [9.17, 15) is 4.79 Å². The van der Waals surface area contributed by atoms with Crippen LogP contribution in [-0.4, -0.2) is 57.8 Å². The smallest absolute Gasteiger partial charge is 0.227 e. The lowest BCUT2D eigenvalue weighted by atomic mass is 10.0. The molecule has 0 saturated carbocycles. The first-order valence-electron chi connectivity index (χ1n) is 11.1. The molecule has 3 rings (SSSR count). The number of nitrogens with one attached hydrogen (secondary N) is 2. The van der Waals surface area contributed by atoms with Crippen molar-refractivity contribution in [2.45, 2.75) is 25.7 Å². The third-order valence-corrected chi connectivity index (χ3v) is 6.40. The third kappa shape index (κ3) is 8.69. The molecule has 11 heteroatoms. The van der Waals surface area contributed by atoms with E-state index in [1.807, 2.05) is 17.0 Å². The second kappa shape index (κ2) is 15.4. The number of carbonyl (C=O) groups is 1. The first-order chi connectivity index (χ1) is 15.9. The number of carbonyl (C=O) groups excluding carboxylic acids is 1. The largest absolute Gasteiger partial charge is 0.493 e. The minimum Gasteiger partial charge on any atom is -0.493 e. The van der Waals surface area contributed by atoms with Crippen molar-refractivity contribution < 1.29 is 14.3 Å². The van der Waals surface area contributed by atoms with Crippen LogP contribution in [0.2, 0.25) is 10.0 Å². The quantitative estimate of drug-likeness (QED) is 0.266. The Labute approximate surface area is 229 Å². The van der Waals surface area contributed by atoms with Crippen molar-refractivity contribution in [2.75, 3.05) is 58.0 Å². The van der Waals surface area contributed by atoms with Crippen molar-refractivity contribution in [3.63, 3.8) is 0 Å². The number of nitrogens with two attached hydrogens (primary N) is 1. The lowest BCUT2D eigenvalue weighted by Gasteiger charge is -2.20. The molecule has 0 unspecified atom stereocenters. The van der Waals surface area contributed by atoms with Gasteiger partial charge >= 0.3 is 0 Å². The summed E-state index contributed by atoms with van der Waals surface area (Å²) in [4.78, 5) is 14.7. The summed E-state index contributed by atoms with van der Waals surface area (Å²) in [5.41, 5.74) is 9.18. The number of rotatable bonds is 11. The highest BCUT2D eigenvalue weighted by Crippen LogP contribution is 2.33. The second-order valence-corrected chi connectivity index (χ2v) is 8.84. The molecule has 2 aromatic rings. The van der Waals surface area contributed by atoms with E-state index in [-0.39, 0.29) is 30.7 Å². The fourth-order valence-corrected chi connectivity index (χ4v) is 4.39. The molecule has 0 radical (unpaired) electrons. The molecule has 4 N–H and O–H groups in total. The number of benzene rings is 2. The van der Waals surface area contributed by atoms with Gasteiger partial charge < -0.3 is 30.7 Å². The maximum atomic E-state index is 12.7. The summed E-state index contributed by atoms with van der Waals surface area (Å²) >= 11 is 12.1. The van der Waals surface area contributed by atoms with E-state index < -0.39 is 0 Å². The fraction of sp³-hybridized carbons (Fsp3) is 0.458. The summed E-state index contributed by atoms with van der Waals surface area (Å²) in [6, 6.07) is 7.47. The first-order valence-corrected chi connectivity index (χ1v) is 11.9. The summed E-state index contributed by atoms with van der Waals surface area (Å²) < 4.78 is 10.8. The standard InChI is InChI=1S/C24H32Cl2N4O3.2ClH/c1-32-21-11-16-5-10-30(23(31)13-17(16)12-22(21)33-2)9-4-7-28-6-3-8-29-18-14-19(25)24(27)20(26)15-18;;/h11-12,14-15,28-29H,3-10,13,27H2,1-2H3;2*1H. The van der Waals surface area contributed by atoms with Crippen molar-refractivity contribution in [3.05, 3.63) is 45.4 Å². The van der Waals surface area contributed by atoms with Crippen LogP contribution in [0.15, 0.2) is 24.3 Å². The number of hydrogen-bond donors (Lipinski definition) is 3. The first kappa shape index (κ1) is 31.3. The van der Waals surface area contributed by atoms with Crippen LogP contribution in [0.4, 0.5) is 11.4 Å². The van der Waals surface area contributed by atoms with Crippen molar-refractivity contribution in [1.29, 1.82) is 0 Å². The summed E-state index contributed by atoms with van der Waals surface area (Å²) in [5.74, 6) is 1.53. The molecule has 1 heterocycles. The monoisotopic (exact) mass is 566 g/mol. The molecule has 1 amide bonds. The number of fused-ring (bicyclic) bond motifs is 1. The Hall–Kier alpha value is -1.77. The molecular weight excluding hydrogens is 534 g/mol. The second-order valence-electron chi connectivity index (χ2n) is 8.02. The van der Waals surface area contributed by atoms with E-state index in [0.717, 1.165) is 68.8 Å². The van der Waals surface area contributed by atoms with Crippen molar-refractivity contribution in [2.24, 2.45) is 0 Å². The van der Waals surface area contributed by atoms with Gasteiger partial charge in [-0.2, -0.15) is 0 Å². The van der Waals surface area contributed by atoms with Crippen molar-refractivity contribution >= 4 is 65.3 Å². The van der Waals surface area contributed by atoms with Gasteiger partial charge in [-0.25, -0.2) is 0 Å². The van der Waals surface area contributed by atoms with Gasteiger partial charge in [-0.1, -0.05) is 23.2 Å². The Morgan fingerprint density at radius 1 is 0.943 bits per heavy atom. The predicted molar refractivity (Wildman–Crippen MR) is 149 cm³/mol. The molecule has 0 saturated heterocycles. The number of methoxy groups -OCH3 is 2. The highest BCUT2D eigenvalue weighted by Gasteiger charge is 2.22. The summed E-state index contributed by atoms with van der Waals surface area (Å²) in [5, 5.41) is 7.64. The molecular formula is C24H34Cl4N4O3. The molecule has 0 fully saturated rings. The van der Waals surface area contributed by atoms with Crippen LogP contribution in [0, 0.1) is 0 Å². The highest BCUT2D eigenvalue weighted by atomic mass is 35.5. The fourth-order valence-electron chi connectivity index (χ4n) is 3.90. The lowest BCUT2D eigenvalue weighted by molar-refractivity contribution is -0.130. The van der Waals surface area contributed by atoms with Crippen LogP contribution in [-0.2, 0) is 17.6 Å². The number of nitrogen functional groups attached to an aromatic ring is 1. The Morgan fingerprint density at radius 2 is 1.54 bits per heavy atom. The highest BCUT2D eigenvalue weighted by molar-refractivity contribution is 6.39. The molecule has 35 heavy (non-hydrogen) atoms. The molecule has 0 atom stereocenters. The minimum atomic E-state index is 0. The van der Waals surface area contributed by atoms with E-state index in [2.05, 4.69) is 10.6 Å². The minimum absolute atomic E-state index is 0. The number of amides is 1. The Balaban J connectivity index is 0.00000306. The number of hydrogen-bond acceptors (Lipinski definition) is 6. The van der Waals surface area contributed by atoms with Crippen molar-refractivity contribution in [3.8, 4) is 11.5 Å². The average molecular weight is 568 g/mol. The summed E-state index contributed by atoms with van der Waals surface area (Å²) in [7, 11) is 3.24. The van der Waals surface area contributed by atoms with E-state index >= 15 is 0 Å². The number of anilines is 2. The van der Waals surface area contributed by atoms with Gasteiger partial charge in [-0.3, -0.25) is 4.79 Å². The van der Waals surface area contributed by atoms with Crippen LogP contribution < -0.4 is 25.8 Å². The number of halogens is 4. The molecule has 2 aromatic carbocycles. The van der Waals surface area contributed by atoms with Crippen LogP contribution in [0.5, 0.6) is 11.5 Å². The number of ether oxygens (including phenoxy) is 2. The zero-order chi connectivity index (χ0) is 23.8. The summed E-state index contributed by atoms with van der Waals surface area (Å²) in [6.07, 6.45) is 3.07. The molecule has 7 nitrogen and oxygen atoms in total. The Kier molecular flexibility index (Phi) is 13.7. The van der Waals surface area contributed by atoms with E-state index in [1.54, 1.807) is 26.4 Å². The SMILES string of the molecule is COc1cc2c(cc1OC)CC(=O)N(CCCNCCCNc1cc(Cl)c(N)c(Cl)c1)CC2.Cl.Cl. The molecule has 1 aliphatic heterocycles. The Bertz CT molecular complexity index is 955. The van der Waals surface area contributed by atoms with Gasteiger partial charge in [-0.15, -0.1) is 24.8 Å². The molecule has 0 bridgehead atoms. The normalized spacial score (nSPS) is 12.7. The van der Waals surface area contributed by atoms with Gasteiger partial charge in [0.2, 0.25) is 5.91 Å². The maximum Gasteiger partial charge on any atom is 0.227 e. The predicted octanol–water partition coefficient (Wildman–Crippen LogP) is 4.85. The van der Waals surface area contributed by atoms with E-state index in [0.29, 0.717) is 33.7 Å². The zero-order valence-corrected chi connectivity index (χ0v) is 23.1. The molecule has 0 spiro atoms. The maximum absolute atomic E-state index is 12.7. The third-order valence-electron chi connectivity index (χ3n) is 5.77. The van der Waals surface area contributed by atoms with E-state index in [4.69, 9.17) is 38.4 Å². The zero-order valence-electron chi connectivity index (χ0n) is 20.0. The number of nitrogens with zero attached hydrogens (tertiary/aromatic N) is 1. The van der Waals surface area contributed by atoms with Crippen molar-refractivity contribution in [1.82, 2.24) is 10.2 Å². The molecule has 0 aliphatic carbocycles. The summed E-state index contributed by atoms with van der Waals surface area (Å²) in [6.45, 7) is 3.99. The van der Waals surface area contributed by atoms with E-state index in [1.165, 1.54) is 0 Å². The van der Waals surface area contributed by atoms with Gasteiger partial charge in [0.05, 0.1) is 36.4 Å². The van der Waals surface area contributed by atoms with Crippen LogP contribution in [0.1, 0.15) is 24.0 Å². The topological polar surface area (TPSA) is 88.9 Å². The van der Waals surface area contributed by atoms with Crippen LogP contribution >= 0.6 is 48.0 Å². The van der Waals surface area contributed by atoms with Gasteiger partial charge in [-0.05, 0) is 67.7 Å². The van der Waals surface area contributed by atoms with Gasteiger partial charge in [0.1, 0.15) is 0 Å². The van der Waals surface area contributed by atoms with Crippen LogP contribution in [0.3, 0.4) is 0 Å². The van der Waals surface area contributed by atoms with Gasteiger partial charge in [0.15, 0.2) is 11.5 Å². The molecule has 196 valence electrons.